The Hall–Kier alpha value is -1.57. The van der Waals surface area contributed by atoms with Gasteiger partial charge in [0.15, 0.2) is 5.96 Å². The van der Waals surface area contributed by atoms with Gasteiger partial charge in [0.1, 0.15) is 0 Å². The lowest BCUT2D eigenvalue weighted by Gasteiger charge is -2.12. The van der Waals surface area contributed by atoms with Gasteiger partial charge in [0.2, 0.25) is 0 Å². The average molecular weight is 427 g/mol. The smallest absolute Gasteiger partial charge is 0.191 e. The van der Waals surface area contributed by atoms with E-state index in [9.17, 15) is 0 Å². The van der Waals surface area contributed by atoms with Crippen molar-refractivity contribution in [2.45, 2.75) is 27.3 Å². The van der Waals surface area contributed by atoms with Crippen LogP contribution in [0.25, 0.3) is 5.69 Å². The molecule has 0 atom stereocenters. The summed E-state index contributed by atoms with van der Waals surface area (Å²) >= 11 is 0. The molecule has 0 saturated heterocycles. The second-order valence-electron chi connectivity index (χ2n) is 5.60. The SMILES string of the molecule is CCNC(=NCc1cnn(-c2ccccc2)c1)NCC(C)C.I. The number of nitrogens with zero attached hydrogens (tertiary/aromatic N) is 3. The third-order valence-electron chi connectivity index (χ3n) is 3.10. The van der Waals surface area contributed by atoms with Crippen molar-refractivity contribution in [1.29, 1.82) is 0 Å². The zero-order chi connectivity index (χ0) is 15.8. The number of hydrogen-bond donors (Lipinski definition) is 2. The lowest BCUT2D eigenvalue weighted by Crippen LogP contribution is -2.39. The van der Waals surface area contributed by atoms with Crippen molar-refractivity contribution in [1.82, 2.24) is 20.4 Å². The van der Waals surface area contributed by atoms with Crippen molar-refractivity contribution in [2.24, 2.45) is 10.9 Å². The number of halogens is 1. The predicted octanol–water partition coefficient (Wildman–Crippen LogP) is 3.20. The van der Waals surface area contributed by atoms with Gasteiger partial charge in [-0.05, 0) is 25.0 Å². The maximum atomic E-state index is 4.60. The first kappa shape index (κ1) is 19.5. The molecule has 0 fully saturated rings. The fraction of sp³-hybridized carbons (Fsp3) is 0.412. The maximum absolute atomic E-state index is 4.60. The van der Waals surface area contributed by atoms with Crippen molar-refractivity contribution in [3.63, 3.8) is 0 Å². The molecule has 1 aromatic carbocycles. The summed E-state index contributed by atoms with van der Waals surface area (Å²) in [5.41, 5.74) is 2.15. The third kappa shape index (κ3) is 6.60. The summed E-state index contributed by atoms with van der Waals surface area (Å²) in [6, 6.07) is 10.1. The molecular formula is C17H26IN5. The molecule has 0 amide bonds. The van der Waals surface area contributed by atoms with E-state index >= 15 is 0 Å². The van der Waals surface area contributed by atoms with E-state index in [1.807, 2.05) is 47.4 Å². The Morgan fingerprint density at radius 1 is 1.22 bits per heavy atom. The molecule has 0 saturated carbocycles. The summed E-state index contributed by atoms with van der Waals surface area (Å²) in [5.74, 6) is 1.44. The van der Waals surface area contributed by atoms with Gasteiger partial charge in [0.05, 0.1) is 18.4 Å². The van der Waals surface area contributed by atoms with Crippen LogP contribution in [-0.2, 0) is 6.54 Å². The van der Waals surface area contributed by atoms with E-state index in [1.54, 1.807) is 0 Å². The first-order valence-corrected chi connectivity index (χ1v) is 7.80. The van der Waals surface area contributed by atoms with Crippen molar-refractivity contribution in [3.8, 4) is 5.69 Å². The van der Waals surface area contributed by atoms with Crippen LogP contribution in [0.2, 0.25) is 0 Å². The topological polar surface area (TPSA) is 54.2 Å². The van der Waals surface area contributed by atoms with Gasteiger partial charge in [-0.25, -0.2) is 9.67 Å². The number of benzene rings is 1. The Balaban J connectivity index is 0.00000264. The van der Waals surface area contributed by atoms with Crippen LogP contribution in [0.3, 0.4) is 0 Å². The van der Waals surface area contributed by atoms with Crippen molar-refractivity contribution in [2.75, 3.05) is 13.1 Å². The highest BCUT2D eigenvalue weighted by Crippen LogP contribution is 2.08. The minimum absolute atomic E-state index is 0. The molecule has 2 rings (SSSR count). The lowest BCUT2D eigenvalue weighted by atomic mass is 10.2. The molecular weight excluding hydrogens is 401 g/mol. The molecule has 6 heteroatoms. The highest BCUT2D eigenvalue weighted by Gasteiger charge is 2.02. The number of rotatable bonds is 6. The van der Waals surface area contributed by atoms with Crippen LogP contribution in [-0.4, -0.2) is 28.8 Å². The predicted molar refractivity (Wildman–Crippen MR) is 107 cm³/mol. The van der Waals surface area contributed by atoms with Gasteiger partial charge in [-0.1, -0.05) is 32.0 Å². The highest BCUT2D eigenvalue weighted by atomic mass is 127. The van der Waals surface area contributed by atoms with E-state index in [-0.39, 0.29) is 24.0 Å². The van der Waals surface area contributed by atoms with Crippen LogP contribution >= 0.6 is 24.0 Å². The van der Waals surface area contributed by atoms with Gasteiger partial charge >= 0.3 is 0 Å². The molecule has 0 aliphatic carbocycles. The van der Waals surface area contributed by atoms with Gasteiger partial charge in [0.25, 0.3) is 0 Å². The van der Waals surface area contributed by atoms with Crippen molar-refractivity contribution < 1.29 is 0 Å². The van der Waals surface area contributed by atoms with Gasteiger partial charge in [-0.2, -0.15) is 5.10 Å². The molecule has 0 bridgehead atoms. The zero-order valence-corrected chi connectivity index (χ0v) is 16.3. The van der Waals surface area contributed by atoms with E-state index in [1.165, 1.54) is 0 Å². The summed E-state index contributed by atoms with van der Waals surface area (Å²) in [4.78, 5) is 4.60. The summed E-state index contributed by atoms with van der Waals surface area (Å²) in [5, 5.41) is 11.0. The van der Waals surface area contributed by atoms with E-state index in [0.717, 1.165) is 30.3 Å². The minimum atomic E-state index is 0. The van der Waals surface area contributed by atoms with Crippen LogP contribution in [0.5, 0.6) is 0 Å². The number of hydrogen-bond acceptors (Lipinski definition) is 2. The van der Waals surface area contributed by atoms with Crippen LogP contribution < -0.4 is 10.6 Å². The van der Waals surface area contributed by atoms with Gasteiger partial charge < -0.3 is 10.6 Å². The van der Waals surface area contributed by atoms with E-state index in [4.69, 9.17) is 0 Å². The molecule has 23 heavy (non-hydrogen) atoms. The number of aliphatic imine (C=N–C) groups is 1. The van der Waals surface area contributed by atoms with E-state index in [0.29, 0.717) is 12.5 Å². The monoisotopic (exact) mass is 427 g/mol. The molecule has 5 nitrogen and oxygen atoms in total. The minimum Gasteiger partial charge on any atom is -0.357 e. The van der Waals surface area contributed by atoms with Gasteiger partial charge in [-0.15, -0.1) is 24.0 Å². The van der Waals surface area contributed by atoms with Crippen LogP contribution in [0.1, 0.15) is 26.3 Å². The summed E-state index contributed by atoms with van der Waals surface area (Å²) < 4.78 is 1.87. The first-order chi connectivity index (χ1) is 10.7. The van der Waals surface area contributed by atoms with E-state index in [2.05, 4.69) is 41.5 Å². The lowest BCUT2D eigenvalue weighted by molar-refractivity contribution is 0.615. The van der Waals surface area contributed by atoms with Crippen LogP contribution in [0.15, 0.2) is 47.7 Å². The summed E-state index contributed by atoms with van der Waals surface area (Å²) in [7, 11) is 0. The Labute approximate surface area is 155 Å². The van der Waals surface area contributed by atoms with Gasteiger partial charge in [0, 0.05) is 24.8 Å². The fourth-order valence-electron chi connectivity index (χ4n) is 1.98. The zero-order valence-electron chi connectivity index (χ0n) is 14.0. The molecule has 0 aliphatic heterocycles. The normalized spacial score (nSPS) is 11.2. The molecule has 0 aliphatic rings. The average Bonchev–Trinajstić information content (AvgIpc) is 3.00. The van der Waals surface area contributed by atoms with Crippen LogP contribution in [0, 0.1) is 5.92 Å². The number of aromatic nitrogens is 2. The second-order valence-corrected chi connectivity index (χ2v) is 5.60. The van der Waals surface area contributed by atoms with Gasteiger partial charge in [-0.3, -0.25) is 0 Å². The Bertz CT molecular complexity index is 592. The Morgan fingerprint density at radius 2 is 1.96 bits per heavy atom. The molecule has 0 radical (unpaired) electrons. The van der Waals surface area contributed by atoms with Crippen molar-refractivity contribution >= 4 is 29.9 Å². The molecule has 1 aromatic heterocycles. The fourth-order valence-corrected chi connectivity index (χ4v) is 1.98. The maximum Gasteiger partial charge on any atom is 0.191 e. The molecule has 0 unspecified atom stereocenters. The highest BCUT2D eigenvalue weighted by molar-refractivity contribution is 14.0. The summed E-state index contributed by atoms with van der Waals surface area (Å²) in [6.45, 7) is 8.81. The molecule has 2 aromatic rings. The quantitative estimate of drug-likeness (QED) is 0.423. The van der Waals surface area contributed by atoms with Crippen LogP contribution in [0.4, 0.5) is 0 Å². The Morgan fingerprint density at radius 3 is 2.61 bits per heavy atom. The molecule has 1 heterocycles. The third-order valence-corrected chi connectivity index (χ3v) is 3.10. The molecule has 126 valence electrons. The molecule has 0 spiro atoms. The number of para-hydroxylation sites is 1. The standard InChI is InChI=1S/C17H25N5.HI/c1-4-18-17(19-10-14(2)3)20-11-15-12-21-22(13-15)16-8-6-5-7-9-16;/h5-9,12-14H,4,10-11H2,1-3H3,(H2,18,19,20);1H. The molecule has 2 N–H and O–H groups in total. The largest absolute Gasteiger partial charge is 0.357 e. The number of guanidine groups is 1. The van der Waals surface area contributed by atoms with E-state index < -0.39 is 0 Å². The Kier molecular flexibility index (Phi) is 8.68. The second kappa shape index (κ2) is 10.3. The summed E-state index contributed by atoms with van der Waals surface area (Å²) in [6.07, 6.45) is 3.88. The first-order valence-electron chi connectivity index (χ1n) is 7.80. The van der Waals surface area contributed by atoms with Crippen molar-refractivity contribution in [3.05, 3.63) is 48.3 Å². The number of nitrogens with one attached hydrogen (secondary N) is 2.